The van der Waals surface area contributed by atoms with Gasteiger partial charge in [0, 0.05) is 14.7 Å². The van der Waals surface area contributed by atoms with Gasteiger partial charge in [0.1, 0.15) is 0 Å². The molecule has 3 atom stereocenters. The summed E-state index contributed by atoms with van der Waals surface area (Å²) in [4.78, 5) is 0. The minimum absolute atomic E-state index is 0.524. The average molecular weight is 292 g/mol. The summed E-state index contributed by atoms with van der Waals surface area (Å²) in [5.41, 5.74) is 4.93. The van der Waals surface area contributed by atoms with Gasteiger partial charge in [-0.25, -0.2) is 0 Å². The van der Waals surface area contributed by atoms with E-state index in [1.807, 2.05) is 0 Å². The van der Waals surface area contributed by atoms with Crippen LogP contribution in [-0.2, 0) is 6.42 Å². The summed E-state index contributed by atoms with van der Waals surface area (Å²) in [6, 6.07) is 9.20. The lowest BCUT2D eigenvalue weighted by Gasteiger charge is -2.47. The number of rotatable bonds is 2. The van der Waals surface area contributed by atoms with Crippen molar-refractivity contribution in [3.63, 3.8) is 0 Å². The molecule has 0 saturated carbocycles. The molecular formula is C20H24Si. The van der Waals surface area contributed by atoms with Crippen molar-refractivity contribution in [3.05, 3.63) is 71.3 Å². The minimum atomic E-state index is -0.804. The van der Waals surface area contributed by atoms with Gasteiger partial charge in [-0.2, -0.15) is 0 Å². The molecule has 0 spiro atoms. The highest BCUT2D eigenvalue weighted by Crippen LogP contribution is 2.64. The maximum atomic E-state index is 2.58. The molecule has 108 valence electrons. The van der Waals surface area contributed by atoms with Crippen LogP contribution in [0.4, 0.5) is 0 Å². The molecule has 0 aromatic heterocycles. The molecule has 0 aliphatic heterocycles. The van der Waals surface area contributed by atoms with E-state index in [1.165, 1.54) is 19.3 Å². The third-order valence-corrected chi connectivity index (χ3v) is 9.25. The van der Waals surface area contributed by atoms with Gasteiger partial charge in [0.05, 0.1) is 0 Å². The fourth-order valence-electron chi connectivity index (χ4n) is 5.11. The molecule has 0 amide bonds. The van der Waals surface area contributed by atoms with E-state index in [1.54, 1.807) is 16.7 Å². The molecule has 0 heterocycles. The van der Waals surface area contributed by atoms with E-state index in [0.29, 0.717) is 11.0 Å². The van der Waals surface area contributed by atoms with E-state index in [4.69, 9.17) is 0 Å². The molecule has 0 nitrogen and oxygen atoms in total. The summed E-state index contributed by atoms with van der Waals surface area (Å²) >= 11 is 0. The van der Waals surface area contributed by atoms with Crippen molar-refractivity contribution in [2.24, 2.45) is 5.92 Å². The largest absolute Gasteiger partial charge is 0.0873 e. The van der Waals surface area contributed by atoms with Crippen LogP contribution < -0.4 is 0 Å². The predicted octanol–water partition coefficient (Wildman–Crippen LogP) is 5.02. The van der Waals surface area contributed by atoms with Crippen molar-refractivity contribution in [1.82, 2.24) is 0 Å². The Labute approximate surface area is 129 Å². The van der Waals surface area contributed by atoms with Crippen LogP contribution >= 0.6 is 0 Å². The summed E-state index contributed by atoms with van der Waals surface area (Å²) in [5, 5.41) is 0.524. The SMILES string of the molecule is C[SiH](C)C12Cc3ccccc3C1C=CCC2C1=CC=CC1. The Morgan fingerprint density at radius 1 is 1.14 bits per heavy atom. The van der Waals surface area contributed by atoms with Gasteiger partial charge in [-0.3, -0.25) is 0 Å². The lowest BCUT2D eigenvalue weighted by Crippen LogP contribution is -2.40. The van der Waals surface area contributed by atoms with Gasteiger partial charge in [0.25, 0.3) is 0 Å². The molecule has 1 aromatic rings. The second-order valence-electron chi connectivity index (χ2n) is 7.21. The third-order valence-electron chi connectivity index (χ3n) is 6.14. The Morgan fingerprint density at radius 3 is 2.76 bits per heavy atom. The molecule has 3 unspecified atom stereocenters. The monoisotopic (exact) mass is 292 g/mol. The quantitative estimate of drug-likeness (QED) is 0.530. The predicted molar refractivity (Wildman–Crippen MR) is 93.5 cm³/mol. The van der Waals surface area contributed by atoms with Crippen LogP contribution in [-0.4, -0.2) is 8.80 Å². The fourth-order valence-corrected chi connectivity index (χ4v) is 7.90. The molecule has 0 saturated heterocycles. The lowest BCUT2D eigenvalue weighted by atomic mass is 9.71. The van der Waals surface area contributed by atoms with E-state index in [0.717, 1.165) is 5.92 Å². The second kappa shape index (κ2) is 4.84. The molecule has 3 aliphatic rings. The van der Waals surface area contributed by atoms with Gasteiger partial charge in [-0.1, -0.05) is 73.3 Å². The molecule has 1 aromatic carbocycles. The summed E-state index contributed by atoms with van der Waals surface area (Å²) in [6.45, 7) is 5.15. The maximum Gasteiger partial charge on any atom is 0.0395 e. The normalized spacial score (nSPS) is 33.2. The van der Waals surface area contributed by atoms with E-state index < -0.39 is 8.80 Å². The molecule has 0 fully saturated rings. The first-order valence-corrected chi connectivity index (χ1v) is 11.2. The Morgan fingerprint density at radius 2 is 2.00 bits per heavy atom. The Bertz CT molecular complexity index is 650. The van der Waals surface area contributed by atoms with Gasteiger partial charge in [-0.15, -0.1) is 0 Å². The van der Waals surface area contributed by atoms with Crippen LogP contribution in [0, 0.1) is 5.92 Å². The smallest absolute Gasteiger partial charge is 0.0395 e. The zero-order valence-corrected chi connectivity index (χ0v) is 14.2. The van der Waals surface area contributed by atoms with Gasteiger partial charge in [-0.05, 0) is 41.3 Å². The first-order chi connectivity index (χ1) is 10.2. The Kier molecular flexibility index (Phi) is 3.07. The van der Waals surface area contributed by atoms with Crippen molar-refractivity contribution >= 4 is 8.80 Å². The molecule has 0 bridgehead atoms. The summed E-state index contributed by atoms with van der Waals surface area (Å²) < 4.78 is 0. The average Bonchev–Trinajstić information content (AvgIpc) is 3.12. The van der Waals surface area contributed by atoms with Crippen LogP contribution in [0.1, 0.15) is 29.9 Å². The van der Waals surface area contributed by atoms with E-state index in [-0.39, 0.29) is 0 Å². The van der Waals surface area contributed by atoms with Crippen LogP contribution in [0.15, 0.2) is 60.2 Å². The van der Waals surface area contributed by atoms with Crippen LogP contribution in [0.25, 0.3) is 0 Å². The fraction of sp³-hybridized carbons (Fsp3) is 0.400. The van der Waals surface area contributed by atoms with Crippen molar-refractivity contribution in [1.29, 1.82) is 0 Å². The lowest BCUT2D eigenvalue weighted by molar-refractivity contribution is 0.364. The van der Waals surface area contributed by atoms with Gasteiger partial charge in [0.15, 0.2) is 0 Å². The van der Waals surface area contributed by atoms with Crippen molar-refractivity contribution in [3.8, 4) is 0 Å². The van der Waals surface area contributed by atoms with Gasteiger partial charge in [0.2, 0.25) is 0 Å². The van der Waals surface area contributed by atoms with Gasteiger partial charge >= 0.3 is 0 Å². The Balaban J connectivity index is 1.85. The van der Waals surface area contributed by atoms with Crippen LogP contribution in [0.2, 0.25) is 18.1 Å². The highest BCUT2D eigenvalue weighted by atomic mass is 28.3. The summed E-state index contributed by atoms with van der Waals surface area (Å²) in [7, 11) is -0.804. The Hall–Kier alpha value is -1.34. The second-order valence-corrected chi connectivity index (χ2v) is 10.6. The number of hydrogen-bond donors (Lipinski definition) is 0. The van der Waals surface area contributed by atoms with Crippen molar-refractivity contribution < 1.29 is 0 Å². The molecular weight excluding hydrogens is 268 g/mol. The number of benzene rings is 1. The van der Waals surface area contributed by atoms with Gasteiger partial charge < -0.3 is 0 Å². The standard InChI is InChI=1S/C20H24Si/c1-21(2)20-14-16-10-5-6-11-17(16)19(20)13-7-12-18(20)15-8-3-4-9-15/h3-8,10-11,13,18-19,21H,9,12,14H2,1-2H3. The first kappa shape index (κ1) is 13.3. The van der Waals surface area contributed by atoms with Crippen LogP contribution in [0.3, 0.4) is 0 Å². The molecule has 1 heteroatoms. The molecule has 4 rings (SSSR count). The summed E-state index contributed by atoms with van der Waals surface area (Å²) in [6.07, 6.45) is 15.8. The molecule has 3 aliphatic carbocycles. The number of fused-ring (bicyclic) bond motifs is 3. The number of allylic oxidation sites excluding steroid dienone is 6. The first-order valence-electron chi connectivity index (χ1n) is 8.33. The topological polar surface area (TPSA) is 0 Å². The van der Waals surface area contributed by atoms with Crippen LogP contribution in [0.5, 0.6) is 0 Å². The van der Waals surface area contributed by atoms with Crippen molar-refractivity contribution in [2.45, 2.75) is 43.3 Å². The minimum Gasteiger partial charge on any atom is -0.0873 e. The zero-order valence-electron chi connectivity index (χ0n) is 13.0. The summed E-state index contributed by atoms with van der Waals surface area (Å²) in [5.74, 6) is 1.43. The van der Waals surface area contributed by atoms with E-state index >= 15 is 0 Å². The highest BCUT2D eigenvalue weighted by Gasteiger charge is 2.53. The number of hydrogen-bond acceptors (Lipinski definition) is 0. The van der Waals surface area contributed by atoms with Crippen molar-refractivity contribution in [2.75, 3.05) is 0 Å². The van der Waals surface area contributed by atoms with E-state index in [9.17, 15) is 0 Å². The molecule has 21 heavy (non-hydrogen) atoms. The molecule has 0 N–H and O–H groups in total. The zero-order chi connectivity index (χ0) is 14.4. The molecule has 0 radical (unpaired) electrons. The van der Waals surface area contributed by atoms with E-state index in [2.05, 4.69) is 67.7 Å². The third kappa shape index (κ3) is 1.80. The highest BCUT2D eigenvalue weighted by molar-refractivity contribution is 6.60. The maximum absolute atomic E-state index is 2.58.